The Morgan fingerprint density at radius 3 is 2.84 bits per heavy atom. The lowest BCUT2D eigenvalue weighted by Crippen LogP contribution is -2.37. The van der Waals surface area contributed by atoms with Gasteiger partial charge >= 0.3 is 0 Å². The molecule has 2 fully saturated rings. The van der Waals surface area contributed by atoms with Gasteiger partial charge in [-0.05, 0) is 44.2 Å². The van der Waals surface area contributed by atoms with Crippen LogP contribution in [0.15, 0.2) is 12.3 Å². The van der Waals surface area contributed by atoms with E-state index in [9.17, 15) is 13.2 Å². The lowest BCUT2D eigenvalue weighted by atomic mass is 9.86. The molecule has 2 aliphatic rings. The van der Waals surface area contributed by atoms with Crippen LogP contribution in [0.5, 0.6) is 0 Å². The zero-order valence-electron chi connectivity index (χ0n) is 14.4. The predicted molar refractivity (Wildman–Crippen MR) is 94.8 cm³/mol. The molecule has 3 N–H and O–H groups in total. The smallest absolute Gasteiger partial charge is 0.271 e. The summed E-state index contributed by atoms with van der Waals surface area (Å²) in [4.78, 5) is 12.1. The Balaban J connectivity index is 1.42. The molecule has 2 heterocycles. The van der Waals surface area contributed by atoms with Crippen LogP contribution in [0, 0.1) is 5.92 Å². The first-order valence-electron chi connectivity index (χ1n) is 9.05. The number of rotatable bonds is 8. The van der Waals surface area contributed by atoms with Crippen molar-refractivity contribution in [3.63, 3.8) is 0 Å². The lowest BCUT2D eigenvalue weighted by molar-refractivity contribution is 0.0949. The fraction of sp³-hybridized carbons (Fsp3) is 0.750. The highest BCUT2D eigenvalue weighted by Crippen LogP contribution is 2.25. The van der Waals surface area contributed by atoms with Gasteiger partial charge in [0.1, 0.15) is 5.69 Å². The van der Waals surface area contributed by atoms with Crippen molar-refractivity contribution in [1.82, 2.24) is 25.1 Å². The molecule has 9 heteroatoms. The summed E-state index contributed by atoms with van der Waals surface area (Å²) in [5, 5.41) is 10.3. The zero-order chi connectivity index (χ0) is 17.7. The number of piperidine rings is 1. The van der Waals surface area contributed by atoms with Crippen LogP contribution in [0.3, 0.4) is 0 Å². The van der Waals surface area contributed by atoms with Crippen LogP contribution >= 0.6 is 0 Å². The molecule has 1 aromatic rings. The van der Waals surface area contributed by atoms with Crippen molar-refractivity contribution in [2.45, 2.75) is 38.1 Å². The second kappa shape index (κ2) is 8.29. The van der Waals surface area contributed by atoms with Gasteiger partial charge in [0.25, 0.3) is 5.91 Å². The van der Waals surface area contributed by atoms with E-state index in [1.165, 1.54) is 6.42 Å². The van der Waals surface area contributed by atoms with Gasteiger partial charge in [0.05, 0.1) is 11.8 Å². The maximum atomic E-state index is 12.1. The molecule has 25 heavy (non-hydrogen) atoms. The van der Waals surface area contributed by atoms with Crippen molar-refractivity contribution >= 4 is 15.9 Å². The molecule has 1 amide bonds. The molecule has 3 rings (SSSR count). The van der Waals surface area contributed by atoms with Gasteiger partial charge in [-0.15, -0.1) is 0 Å². The molecule has 0 radical (unpaired) electrons. The number of aromatic nitrogens is 2. The maximum Gasteiger partial charge on any atom is 0.271 e. The Morgan fingerprint density at radius 1 is 1.32 bits per heavy atom. The largest absolute Gasteiger partial charge is 0.350 e. The van der Waals surface area contributed by atoms with E-state index in [1.807, 2.05) is 10.9 Å². The minimum Gasteiger partial charge on any atom is -0.350 e. The second-order valence-electron chi connectivity index (χ2n) is 6.90. The highest BCUT2D eigenvalue weighted by molar-refractivity contribution is 7.89. The van der Waals surface area contributed by atoms with Gasteiger partial charge in [0.15, 0.2) is 0 Å². The molecule has 1 aliphatic carbocycles. The lowest BCUT2D eigenvalue weighted by Gasteiger charge is -2.25. The molecule has 0 spiro atoms. The Hall–Kier alpha value is -1.45. The van der Waals surface area contributed by atoms with Gasteiger partial charge in [-0.2, -0.15) is 5.10 Å². The molecule has 0 bridgehead atoms. The van der Waals surface area contributed by atoms with Gasteiger partial charge in [0.2, 0.25) is 10.0 Å². The van der Waals surface area contributed by atoms with E-state index in [0.29, 0.717) is 18.2 Å². The van der Waals surface area contributed by atoms with Crippen LogP contribution in [0.4, 0.5) is 0 Å². The van der Waals surface area contributed by atoms with Crippen molar-refractivity contribution < 1.29 is 13.2 Å². The van der Waals surface area contributed by atoms with Crippen molar-refractivity contribution in [1.29, 1.82) is 0 Å². The first-order valence-corrected chi connectivity index (χ1v) is 10.7. The number of amides is 1. The molecular formula is C16H27N5O3S. The Bertz CT molecular complexity index is 678. The topological polar surface area (TPSA) is 105 Å². The van der Waals surface area contributed by atoms with E-state index in [4.69, 9.17) is 0 Å². The first kappa shape index (κ1) is 18.3. The van der Waals surface area contributed by atoms with E-state index in [-0.39, 0.29) is 24.2 Å². The van der Waals surface area contributed by atoms with E-state index in [0.717, 1.165) is 38.8 Å². The van der Waals surface area contributed by atoms with E-state index in [1.54, 1.807) is 6.07 Å². The van der Waals surface area contributed by atoms with E-state index in [2.05, 4.69) is 20.5 Å². The standard InChI is InChI=1S/C16H27N5O3S/c22-16(15-6-9-21(20-15)14-5-2-7-17-12-14)18-8-10-25(23,24)19-11-13-3-1-4-13/h6,9,13-14,17,19H,1-5,7-8,10-12H2,(H,18,22). The van der Waals surface area contributed by atoms with Crippen LogP contribution in [-0.2, 0) is 10.0 Å². The first-order chi connectivity index (χ1) is 12.0. The van der Waals surface area contributed by atoms with Gasteiger partial charge in [-0.25, -0.2) is 13.1 Å². The predicted octanol–water partition coefficient (Wildman–Crippen LogP) is 0.257. The normalized spacial score (nSPS) is 21.7. The molecular weight excluding hydrogens is 342 g/mol. The van der Waals surface area contributed by atoms with Crippen molar-refractivity contribution in [3.8, 4) is 0 Å². The summed E-state index contributed by atoms with van der Waals surface area (Å²) in [5.41, 5.74) is 0.324. The maximum absolute atomic E-state index is 12.1. The Morgan fingerprint density at radius 2 is 2.16 bits per heavy atom. The molecule has 140 valence electrons. The van der Waals surface area contributed by atoms with Crippen LogP contribution in [-0.4, -0.2) is 56.0 Å². The molecule has 1 saturated carbocycles. The number of hydrogen-bond acceptors (Lipinski definition) is 5. The van der Waals surface area contributed by atoms with E-state index >= 15 is 0 Å². The van der Waals surface area contributed by atoms with Crippen LogP contribution in [0.25, 0.3) is 0 Å². The summed E-state index contributed by atoms with van der Waals surface area (Å²) < 4.78 is 28.3. The Labute approximate surface area is 148 Å². The summed E-state index contributed by atoms with van der Waals surface area (Å²) in [7, 11) is -3.34. The van der Waals surface area contributed by atoms with Gasteiger partial charge in [-0.1, -0.05) is 6.42 Å². The third kappa shape index (κ3) is 5.26. The molecule has 1 atom stereocenters. The van der Waals surface area contributed by atoms with Gasteiger partial charge in [0, 0.05) is 25.8 Å². The van der Waals surface area contributed by atoms with Gasteiger partial charge < -0.3 is 10.6 Å². The highest BCUT2D eigenvalue weighted by atomic mass is 32.2. The summed E-state index contributed by atoms with van der Waals surface area (Å²) in [6, 6.07) is 1.94. The number of carbonyl (C=O) groups is 1. The fourth-order valence-electron chi connectivity index (χ4n) is 3.13. The summed E-state index contributed by atoms with van der Waals surface area (Å²) in [5.74, 6) is 0.0259. The molecule has 1 aliphatic heterocycles. The molecule has 1 aromatic heterocycles. The third-order valence-corrected chi connectivity index (χ3v) is 6.31. The molecule has 1 unspecified atom stereocenters. The number of hydrogen-bond donors (Lipinski definition) is 3. The molecule has 1 saturated heterocycles. The quantitative estimate of drug-likeness (QED) is 0.609. The second-order valence-corrected chi connectivity index (χ2v) is 8.83. The van der Waals surface area contributed by atoms with Crippen LogP contribution in [0.2, 0.25) is 0 Å². The van der Waals surface area contributed by atoms with Crippen molar-refractivity contribution in [3.05, 3.63) is 18.0 Å². The zero-order valence-corrected chi connectivity index (χ0v) is 15.2. The summed E-state index contributed by atoms with van der Waals surface area (Å²) in [6.45, 7) is 2.47. The molecule has 0 aromatic carbocycles. The van der Waals surface area contributed by atoms with Crippen molar-refractivity contribution in [2.24, 2.45) is 5.92 Å². The Kier molecular flexibility index (Phi) is 6.08. The summed E-state index contributed by atoms with van der Waals surface area (Å²) >= 11 is 0. The van der Waals surface area contributed by atoms with Gasteiger partial charge in [-0.3, -0.25) is 9.48 Å². The monoisotopic (exact) mass is 369 g/mol. The van der Waals surface area contributed by atoms with Crippen molar-refractivity contribution in [2.75, 3.05) is 31.9 Å². The minimum atomic E-state index is -3.34. The highest BCUT2D eigenvalue weighted by Gasteiger charge is 2.21. The van der Waals surface area contributed by atoms with Crippen LogP contribution < -0.4 is 15.4 Å². The SMILES string of the molecule is O=C(NCCS(=O)(=O)NCC1CCC1)c1ccn(C2CCCNC2)n1. The number of sulfonamides is 1. The third-order valence-electron chi connectivity index (χ3n) is 4.96. The number of nitrogens with zero attached hydrogens (tertiary/aromatic N) is 2. The average Bonchev–Trinajstić information content (AvgIpc) is 3.04. The van der Waals surface area contributed by atoms with Crippen LogP contribution in [0.1, 0.15) is 48.6 Å². The summed E-state index contributed by atoms with van der Waals surface area (Å²) in [6.07, 6.45) is 7.32. The minimum absolute atomic E-state index is 0.0800. The average molecular weight is 369 g/mol. The molecule has 8 nitrogen and oxygen atoms in total. The number of nitrogens with one attached hydrogen (secondary N) is 3. The van der Waals surface area contributed by atoms with E-state index < -0.39 is 10.0 Å². The fourth-order valence-corrected chi connectivity index (χ4v) is 4.13. The number of carbonyl (C=O) groups excluding carboxylic acids is 1.